The number of hydrogen-bond acceptors (Lipinski definition) is 3. The molecular formula is C10H15NO2. The van der Waals surface area contributed by atoms with Crippen molar-refractivity contribution in [2.45, 2.75) is 25.4 Å². The van der Waals surface area contributed by atoms with Gasteiger partial charge in [0, 0.05) is 12.6 Å². The SMILES string of the molecule is c1coc(CN[C@@H]2CCCOC2)c1. The first-order valence-corrected chi connectivity index (χ1v) is 4.78. The molecule has 2 heterocycles. The van der Waals surface area contributed by atoms with E-state index in [4.69, 9.17) is 9.15 Å². The molecule has 1 aliphatic rings. The van der Waals surface area contributed by atoms with Gasteiger partial charge in [0.2, 0.25) is 0 Å². The Morgan fingerprint density at radius 3 is 3.23 bits per heavy atom. The van der Waals surface area contributed by atoms with Gasteiger partial charge in [-0.2, -0.15) is 0 Å². The minimum atomic E-state index is 0.499. The summed E-state index contributed by atoms with van der Waals surface area (Å²) in [5.74, 6) is 0.991. The maximum absolute atomic E-state index is 5.36. The van der Waals surface area contributed by atoms with Crippen LogP contribution in [0.25, 0.3) is 0 Å². The Bertz CT molecular complexity index is 227. The van der Waals surface area contributed by atoms with Crippen LogP contribution in [0.3, 0.4) is 0 Å². The van der Waals surface area contributed by atoms with Crippen LogP contribution in [-0.2, 0) is 11.3 Å². The predicted molar refractivity (Wildman–Crippen MR) is 49.4 cm³/mol. The Labute approximate surface area is 78.1 Å². The highest BCUT2D eigenvalue weighted by molar-refractivity contribution is 4.97. The third-order valence-corrected chi connectivity index (χ3v) is 2.31. The maximum atomic E-state index is 5.36. The lowest BCUT2D eigenvalue weighted by Gasteiger charge is -2.22. The summed E-state index contributed by atoms with van der Waals surface area (Å²) in [5.41, 5.74) is 0. The molecule has 0 aliphatic carbocycles. The molecule has 0 radical (unpaired) electrons. The van der Waals surface area contributed by atoms with Crippen LogP contribution in [0.15, 0.2) is 22.8 Å². The molecule has 3 nitrogen and oxygen atoms in total. The van der Waals surface area contributed by atoms with Crippen LogP contribution in [0.2, 0.25) is 0 Å². The predicted octanol–water partition coefficient (Wildman–Crippen LogP) is 1.55. The molecule has 72 valence electrons. The van der Waals surface area contributed by atoms with Gasteiger partial charge in [0.1, 0.15) is 5.76 Å². The first-order valence-electron chi connectivity index (χ1n) is 4.78. The van der Waals surface area contributed by atoms with Crippen molar-refractivity contribution in [1.29, 1.82) is 0 Å². The van der Waals surface area contributed by atoms with Crippen LogP contribution in [0, 0.1) is 0 Å². The van der Waals surface area contributed by atoms with Crippen LogP contribution in [0.5, 0.6) is 0 Å². The molecular weight excluding hydrogens is 166 g/mol. The minimum Gasteiger partial charge on any atom is -0.468 e. The van der Waals surface area contributed by atoms with Gasteiger partial charge in [-0.15, -0.1) is 0 Å². The fourth-order valence-electron chi connectivity index (χ4n) is 1.56. The van der Waals surface area contributed by atoms with Crippen LogP contribution < -0.4 is 5.32 Å². The highest BCUT2D eigenvalue weighted by atomic mass is 16.5. The normalized spacial score (nSPS) is 23.2. The lowest BCUT2D eigenvalue weighted by molar-refractivity contribution is 0.0693. The van der Waals surface area contributed by atoms with Crippen molar-refractivity contribution >= 4 is 0 Å². The molecule has 1 fully saturated rings. The second-order valence-electron chi connectivity index (χ2n) is 3.37. The molecule has 0 bridgehead atoms. The highest BCUT2D eigenvalue weighted by Crippen LogP contribution is 2.07. The van der Waals surface area contributed by atoms with Crippen molar-refractivity contribution in [3.63, 3.8) is 0 Å². The van der Waals surface area contributed by atoms with Crippen molar-refractivity contribution in [3.05, 3.63) is 24.2 Å². The van der Waals surface area contributed by atoms with Crippen molar-refractivity contribution in [1.82, 2.24) is 5.32 Å². The second-order valence-corrected chi connectivity index (χ2v) is 3.37. The van der Waals surface area contributed by atoms with E-state index in [1.807, 2.05) is 12.1 Å². The lowest BCUT2D eigenvalue weighted by Crippen LogP contribution is -2.36. The maximum Gasteiger partial charge on any atom is 0.117 e. The van der Waals surface area contributed by atoms with E-state index >= 15 is 0 Å². The smallest absolute Gasteiger partial charge is 0.117 e. The van der Waals surface area contributed by atoms with Gasteiger partial charge in [-0.1, -0.05) is 0 Å². The van der Waals surface area contributed by atoms with Gasteiger partial charge in [0.25, 0.3) is 0 Å². The molecule has 1 atom stereocenters. The highest BCUT2D eigenvalue weighted by Gasteiger charge is 2.12. The van der Waals surface area contributed by atoms with E-state index in [1.165, 1.54) is 6.42 Å². The van der Waals surface area contributed by atoms with E-state index in [2.05, 4.69) is 5.32 Å². The van der Waals surface area contributed by atoms with Crippen LogP contribution in [0.4, 0.5) is 0 Å². The zero-order valence-electron chi connectivity index (χ0n) is 7.66. The molecule has 1 saturated heterocycles. The summed E-state index contributed by atoms with van der Waals surface area (Å²) in [7, 11) is 0. The van der Waals surface area contributed by atoms with Gasteiger partial charge in [-0.05, 0) is 25.0 Å². The molecule has 2 rings (SSSR count). The first-order chi connectivity index (χ1) is 6.45. The summed E-state index contributed by atoms with van der Waals surface area (Å²) in [6, 6.07) is 4.39. The monoisotopic (exact) mass is 181 g/mol. The van der Waals surface area contributed by atoms with E-state index in [0.717, 1.165) is 31.9 Å². The zero-order valence-corrected chi connectivity index (χ0v) is 7.66. The van der Waals surface area contributed by atoms with Gasteiger partial charge < -0.3 is 14.5 Å². The fourth-order valence-corrected chi connectivity index (χ4v) is 1.56. The Balaban J connectivity index is 1.72. The molecule has 0 saturated carbocycles. The number of hydrogen-bond donors (Lipinski definition) is 1. The molecule has 0 unspecified atom stereocenters. The molecule has 0 aromatic carbocycles. The Hall–Kier alpha value is -0.800. The third-order valence-electron chi connectivity index (χ3n) is 2.31. The second kappa shape index (κ2) is 4.44. The zero-order chi connectivity index (χ0) is 8.93. The van der Waals surface area contributed by atoms with Gasteiger partial charge in [0.15, 0.2) is 0 Å². The van der Waals surface area contributed by atoms with E-state index < -0.39 is 0 Å². The number of furan rings is 1. The van der Waals surface area contributed by atoms with Crippen LogP contribution >= 0.6 is 0 Å². The van der Waals surface area contributed by atoms with Crippen LogP contribution in [-0.4, -0.2) is 19.3 Å². The average molecular weight is 181 g/mol. The molecule has 1 N–H and O–H groups in total. The van der Waals surface area contributed by atoms with Crippen molar-refractivity contribution in [3.8, 4) is 0 Å². The van der Waals surface area contributed by atoms with Gasteiger partial charge >= 0.3 is 0 Å². The van der Waals surface area contributed by atoms with Gasteiger partial charge in [-0.25, -0.2) is 0 Å². The summed E-state index contributed by atoms with van der Waals surface area (Å²) < 4.78 is 10.6. The molecule has 1 aromatic heterocycles. The van der Waals surface area contributed by atoms with E-state index in [9.17, 15) is 0 Å². The summed E-state index contributed by atoms with van der Waals surface area (Å²) >= 11 is 0. The van der Waals surface area contributed by atoms with E-state index in [0.29, 0.717) is 6.04 Å². The van der Waals surface area contributed by atoms with E-state index in [1.54, 1.807) is 6.26 Å². The summed E-state index contributed by atoms with van der Waals surface area (Å²) in [5, 5.41) is 3.41. The quantitative estimate of drug-likeness (QED) is 0.768. The molecule has 1 aromatic rings. The van der Waals surface area contributed by atoms with E-state index in [-0.39, 0.29) is 0 Å². The lowest BCUT2D eigenvalue weighted by atomic mass is 10.1. The Morgan fingerprint density at radius 1 is 1.54 bits per heavy atom. The minimum absolute atomic E-state index is 0.499. The fraction of sp³-hybridized carbons (Fsp3) is 0.600. The Morgan fingerprint density at radius 2 is 2.54 bits per heavy atom. The standard InChI is InChI=1S/C10H15NO2/c1-3-9(8-12-5-1)11-7-10-4-2-6-13-10/h2,4,6,9,11H,1,3,5,7-8H2/t9-/m1/s1. The summed E-state index contributed by atoms with van der Waals surface area (Å²) in [6.45, 7) is 2.56. The largest absolute Gasteiger partial charge is 0.468 e. The first kappa shape index (κ1) is 8.78. The molecule has 0 amide bonds. The molecule has 0 spiro atoms. The average Bonchev–Trinajstić information content (AvgIpc) is 2.69. The topological polar surface area (TPSA) is 34.4 Å². The Kier molecular flexibility index (Phi) is 3.00. The number of rotatable bonds is 3. The third kappa shape index (κ3) is 2.57. The van der Waals surface area contributed by atoms with Crippen molar-refractivity contribution < 1.29 is 9.15 Å². The summed E-state index contributed by atoms with van der Waals surface area (Å²) in [4.78, 5) is 0. The van der Waals surface area contributed by atoms with Gasteiger partial charge in [0.05, 0.1) is 19.4 Å². The van der Waals surface area contributed by atoms with Gasteiger partial charge in [-0.3, -0.25) is 0 Å². The van der Waals surface area contributed by atoms with Crippen LogP contribution in [0.1, 0.15) is 18.6 Å². The molecule has 13 heavy (non-hydrogen) atoms. The van der Waals surface area contributed by atoms with Crippen molar-refractivity contribution in [2.75, 3.05) is 13.2 Å². The van der Waals surface area contributed by atoms with Crippen molar-refractivity contribution in [2.24, 2.45) is 0 Å². The number of ether oxygens (including phenoxy) is 1. The molecule has 1 aliphatic heterocycles. The molecule has 3 heteroatoms. The number of nitrogens with one attached hydrogen (secondary N) is 1. The summed E-state index contributed by atoms with van der Waals surface area (Å²) in [6.07, 6.45) is 4.07.